The molecule has 1 N–H and O–H groups in total. The van der Waals surface area contributed by atoms with Crippen molar-refractivity contribution in [2.45, 2.75) is 38.4 Å². The first-order valence-corrected chi connectivity index (χ1v) is 9.34. The Bertz CT molecular complexity index is 904. The molecule has 0 aromatic carbocycles. The number of carbonyl (C=O) groups excluding carboxylic acids is 1. The summed E-state index contributed by atoms with van der Waals surface area (Å²) in [5.74, 6) is -0.0492. The van der Waals surface area contributed by atoms with Gasteiger partial charge < -0.3 is 14.6 Å². The lowest BCUT2D eigenvalue weighted by Gasteiger charge is -2.27. The van der Waals surface area contributed by atoms with Crippen LogP contribution < -0.4 is 10.9 Å². The van der Waals surface area contributed by atoms with Gasteiger partial charge in [0.15, 0.2) is 0 Å². The van der Waals surface area contributed by atoms with Crippen LogP contribution in [0.2, 0.25) is 0 Å². The van der Waals surface area contributed by atoms with Crippen LogP contribution in [-0.4, -0.2) is 28.7 Å². The Morgan fingerprint density at radius 2 is 2.03 bits per heavy atom. The van der Waals surface area contributed by atoms with Crippen LogP contribution in [0.25, 0.3) is 0 Å². The molecular weight excluding hydrogens is 387 g/mol. The zero-order chi connectivity index (χ0) is 21.0. The summed E-state index contributed by atoms with van der Waals surface area (Å²) in [5.41, 5.74) is -0.992. The number of ether oxygens (including phenoxy) is 1. The molecule has 156 valence electrons. The molecule has 1 aliphatic heterocycles. The maximum atomic E-state index is 12.9. The number of hydrogen-bond donors (Lipinski definition) is 1. The Morgan fingerprint density at radius 1 is 1.31 bits per heavy atom. The topological polar surface area (TPSA) is 73.2 Å². The van der Waals surface area contributed by atoms with E-state index in [1.165, 1.54) is 0 Å². The van der Waals surface area contributed by atoms with Gasteiger partial charge in [0, 0.05) is 31.7 Å². The van der Waals surface area contributed by atoms with Gasteiger partial charge in [-0.1, -0.05) is 6.07 Å². The molecule has 0 unspecified atom stereocenters. The Kier molecular flexibility index (Phi) is 6.36. The number of anilines is 1. The molecule has 0 aliphatic carbocycles. The maximum absolute atomic E-state index is 12.9. The SMILES string of the molecule is Cc1ccc(NC(=O)[C@H](CC2CCOCC2)n2ccc(C(F)(F)F)cc2=O)nc1. The molecule has 0 radical (unpaired) electrons. The van der Waals surface area contributed by atoms with Crippen LogP contribution >= 0.6 is 0 Å². The van der Waals surface area contributed by atoms with E-state index in [1.807, 2.05) is 6.92 Å². The number of alkyl halides is 3. The summed E-state index contributed by atoms with van der Waals surface area (Å²) >= 11 is 0. The van der Waals surface area contributed by atoms with Gasteiger partial charge in [-0.25, -0.2) is 4.98 Å². The second-order valence-electron chi connectivity index (χ2n) is 7.18. The number of halogens is 3. The Morgan fingerprint density at radius 3 is 2.62 bits per heavy atom. The highest BCUT2D eigenvalue weighted by molar-refractivity contribution is 5.92. The van der Waals surface area contributed by atoms with E-state index in [0.29, 0.717) is 31.5 Å². The predicted molar refractivity (Wildman–Crippen MR) is 101 cm³/mol. The molecule has 6 nitrogen and oxygen atoms in total. The molecule has 3 heterocycles. The van der Waals surface area contributed by atoms with E-state index < -0.39 is 29.2 Å². The van der Waals surface area contributed by atoms with Crippen molar-refractivity contribution in [1.29, 1.82) is 0 Å². The molecule has 29 heavy (non-hydrogen) atoms. The van der Waals surface area contributed by atoms with Crippen LogP contribution in [0.1, 0.15) is 36.4 Å². The normalized spacial score (nSPS) is 16.4. The second-order valence-corrected chi connectivity index (χ2v) is 7.18. The average molecular weight is 409 g/mol. The molecule has 1 aliphatic rings. The molecule has 1 saturated heterocycles. The van der Waals surface area contributed by atoms with Crippen molar-refractivity contribution in [3.8, 4) is 0 Å². The van der Waals surface area contributed by atoms with E-state index in [4.69, 9.17) is 4.74 Å². The first-order valence-electron chi connectivity index (χ1n) is 9.34. The monoisotopic (exact) mass is 409 g/mol. The van der Waals surface area contributed by atoms with Crippen molar-refractivity contribution in [2.75, 3.05) is 18.5 Å². The van der Waals surface area contributed by atoms with Gasteiger partial charge in [0.25, 0.3) is 5.56 Å². The summed E-state index contributed by atoms with van der Waals surface area (Å²) in [6.07, 6.45) is -0.219. The first kappa shape index (κ1) is 21.0. The maximum Gasteiger partial charge on any atom is 0.416 e. The van der Waals surface area contributed by atoms with Crippen molar-refractivity contribution in [3.05, 3.63) is 58.1 Å². The van der Waals surface area contributed by atoms with Gasteiger partial charge in [-0.05, 0) is 49.8 Å². The lowest BCUT2D eigenvalue weighted by atomic mass is 9.92. The van der Waals surface area contributed by atoms with Crippen molar-refractivity contribution < 1.29 is 22.7 Å². The number of aryl methyl sites for hydroxylation is 1. The number of amides is 1. The highest BCUT2D eigenvalue weighted by Gasteiger charge is 2.32. The quantitative estimate of drug-likeness (QED) is 0.820. The third kappa shape index (κ3) is 5.44. The van der Waals surface area contributed by atoms with E-state index >= 15 is 0 Å². The largest absolute Gasteiger partial charge is 0.416 e. The summed E-state index contributed by atoms with van der Waals surface area (Å²) in [6, 6.07) is 3.80. The van der Waals surface area contributed by atoms with E-state index in [0.717, 1.165) is 35.2 Å². The summed E-state index contributed by atoms with van der Waals surface area (Å²) in [7, 11) is 0. The summed E-state index contributed by atoms with van der Waals surface area (Å²) in [4.78, 5) is 29.5. The Hall–Kier alpha value is -2.68. The zero-order valence-corrected chi connectivity index (χ0v) is 15.9. The number of carbonyl (C=O) groups is 1. The lowest BCUT2D eigenvalue weighted by molar-refractivity contribution is -0.137. The lowest BCUT2D eigenvalue weighted by Crippen LogP contribution is -2.35. The first-order chi connectivity index (χ1) is 13.7. The Labute approximate surface area is 165 Å². The number of nitrogens with one attached hydrogen (secondary N) is 1. The minimum Gasteiger partial charge on any atom is -0.381 e. The molecule has 0 bridgehead atoms. The van der Waals surface area contributed by atoms with E-state index in [-0.39, 0.29) is 5.92 Å². The molecule has 1 atom stereocenters. The van der Waals surface area contributed by atoms with Gasteiger partial charge in [0.1, 0.15) is 11.9 Å². The van der Waals surface area contributed by atoms with E-state index in [9.17, 15) is 22.8 Å². The molecule has 0 spiro atoms. The summed E-state index contributed by atoms with van der Waals surface area (Å²) in [5, 5.41) is 2.67. The average Bonchev–Trinajstić information content (AvgIpc) is 2.68. The van der Waals surface area contributed by atoms with Crippen LogP contribution in [0, 0.1) is 12.8 Å². The van der Waals surface area contributed by atoms with Crippen molar-refractivity contribution in [3.63, 3.8) is 0 Å². The van der Waals surface area contributed by atoms with Gasteiger partial charge in [0.05, 0.1) is 5.56 Å². The van der Waals surface area contributed by atoms with E-state index in [1.54, 1.807) is 18.3 Å². The van der Waals surface area contributed by atoms with Crippen molar-refractivity contribution >= 4 is 11.7 Å². The van der Waals surface area contributed by atoms with Gasteiger partial charge in [0.2, 0.25) is 5.91 Å². The van der Waals surface area contributed by atoms with Crippen LogP contribution in [0.5, 0.6) is 0 Å². The number of pyridine rings is 2. The molecule has 1 amide bonds. The fraction of sp³-hybridized carbons (Fsp3) is 0.450. The minimum atomic E-state index is -4.62. The number of nitrogens with zero attached hydrogens (tertiary/aromatic N) is 2. The molecule has 1 fully saturated rings. The van der Waals surface area contributed by atoms with Gasteiger partial charge in [-0.15, -0.1) is 0 Å². The van der Waals surface area contributed by atoms with Crippen LogP contribution in [0.3, 0.4) is 0 Å². The van der Waals surface area contributed by atoms with E-state index in [2.05, 4.69) is 10.3 Å². The fourth-order valence-corrected chi connectivity index (χ4v) is 3.32. The summed E-state index contributed by atoms with van der Waals surface area (Å²) < 4.78 is 45.1. The minimum absolute atomic E-state index is 0.125. The molecule has 3 rings (SSSR count). The van der Waals surface area contributed by atoms with Crippen LogP contribution in [0.15, 0.2) is 41.5 Å². The molecular formula is C20H22F3N3O3. The molecule has 0 saturated carbocycles. The number of hydrogen-bond acceptors (Lipinski definition) is 4. The second kappa shape index (κ2) is 8.77. The Balaban J connectivity index is 1.88. The summed E-state index contributed by atoms with van der Waals surface area (Å²) in [6.45, 7) is 2.97. The van der Waals surface area contributed by atoms with Crippen LogP contribution in [-0.2, 0) is 15.7 Å². The number of rotatable bonds is 5. The fourth-order valence-electron chi connectivity index (χ4n) is 3.32. The van der Waals surface area contributed by atoms with Gasteiger partial charge >= 0.3 is 6.18 Å². The van der Waals surface area contributed by atoms with Crippen molar-refractivity contribution in [2.24, 2.45) is 5.92 Å². The molecule has 2 aromatic rings. The third-order valence-corrected chi connectivity index (χ3v) is 4.97. The van der Waals surface area contributed by atoms with Gasteiger partial charge in [-0.2, -0.15) is 13.2 Å². The molecule has 2 aromatic heterocycles. The highest BCUT2D eigenvalue weighted by Crippen LogP contribution is 2.29. The standard InChI is InChI=1S/C20H22F3N3O3/c1-13-2-3-17(24-12-13)25-19(28)16(10-14-5-8-29-9-6-14)26-7-4-15(11-18(26)27)20(21,22)23/h2-4,7,11-12,14,16H,5-6,8-10H2,1H3,(H,24,25,28)/t16-/m0/s1. The number of aromatic nitrogens is 2. The van der Waals surface area contributed by atoms with Gasteiger partial charge in [-0.3, -0.25) is 9.59 Å². The highest BCUT2D eigenvalue weighted by atomic mass is 19.4. The molecule has 9 heteroatoms. The zero-order valence-electron chi connectivity index (χ0n) is 15.9. The predicted octanol–water partition coefficient (Wildman–Crippen LogP) is 3.57. The smallest absolute Gasteiger partial charge is 0.381 e. The van der Waals surface area contributed by atoms with Crippen LogP contribution in [0.4, 0.5) is 19.0 Å². The van der Waals surface area contributed by atoms with Crippen molar-refractivity contribution in [1.82, 2.24) is 9.55 Å². The third-order valence-electron chi connectivity index (χ3n) is 4.97.